The molecule has 0 bridgehead atoms. The molecule has 0 saturated heterocycles. The number of hydrogen-bond acceptors (Lipinski definition) is 6. The Morgan fingerprint density at radius 3 is 0.717 bits per heavy atom. The first kappa shape index (κ1) is 41.8. The molecule has 0 aromatic heterocycles. The molecule has 3 aromatic carbocycles. The largest absolute Gasteiger partial charge is 3.00 e. The van der Waals surface area contributed by atoms with Gasteiger partial charge in [0.25, 0.3) is 0 Å². The Balaban J connectivity index is 0.000000653. The molecule has 0 heterocycles. The molecule has 240 valence electrons. The van der Waals surface area contributed by atoms with Gasteiger partial charge in [-0.05, 0) is 88.7 Å². The van der Waals surface area contributed by atoms with Crippen LogP contribution in [-0.4, -0.2) is 35.3 Å². The Hall–Kier alpha value is -4.18. The van der Waals surface area contributed by atoms with Crippen LogP contribution in [0.25, 0.3) is 16.7 Å². The molecule has 6 nitrogen and oxygen atoms in total. The molecular weight excluding hydrogens is 591 g/mol. The summed E-state index contributed by atoms with van der Waals surface area (Å²) >= 11 is 0. The van der Waals surface area contributed by atoms with Crippen LogP contribution < -0.4 is 15.3 Å². The number of hydrogen-bond donors (Lipinski definition) is 0. The van der Waals surface area contributed by atoms with Gasteiger partial charge in [-0.1, -0.05) is 133 Å². The van der Waals surface area contributed by atoms with Crippen molar-refractivity contribution in [3.8, 4) is 0 Å². The van der Waals surface area contributed by atoms with Crippen LogP contribution in [0, 0.1) is 0 Å². The van der Waals surface area contributed by atoms with Crippen molar-refractivity contribution in [1.29, 1.82) is 0 Å². The molecule has 3 rings (SSSR count). The SMILES string of the molecule is CCC(C(=O)[O-])=C(CC)c1ccccc1.CCC(C(=O)[O-])=C(CC)c1ccccc1.CCC(C(=O)[O-])=C(CC)c1ccccc1.[Al+3]. The number of carbonyl (C=O) groups excluding carboxylic acids is 3. The van der Waals surface area contributed by atoms with Crippen LogP contribution >= 0.6 is 0 Å². The van der Waals surface area contributed by atoms with Gasteiger partial charge in [-0.15, -0.1) is 0 Å². The summed E-state index contributed by atoms with van der Waals surface area (Å²) < 4.78 is 0. The van der Waals surface area contributed by atoms with Crippen LogP contribution in [0.5, 0.6) is 0 Å². The second kappa shape index (κ2) is 23.2. The predicted molar refractivity (Wildman–Crippen MR) is 183 cm³/mol. The second-order valence-corrected chi connectivity index (χ2v) is 9.95. The minimum Gasteiger partial charge on any atom is -0.545 e. The first-order valence-corrected chi connectivity index (χ1v) is 15.6. The fourth-order valence-corrected chi connectivity index (χ4v) is 5.14. The summed E-state index contributed by atoms with van der Waals surface area (Å²) in [5.74, 6) is -3.17. The van der Waals surface area contributed by atoms with Crippen molar-refractivity contribution in [3.63, 3.8) is 0 Å². The monoisotopic (exact) mass is 636 g/mol. The summed E-state index contributed by atoms with van der Waals surface area (Å²) in [5, 5.41) is 32.8. The Labute approximate surface area is 285 Å². The Bertz CT molecular complexity index is 1280. The van der Waals surface area contributed by atoms with E-state index in [0.717, 1.165) is 33.4 Å². The zero-order valence-corrected chi connectivity index (χ0v) is 29.1. The van der Waals surface area contributed by atoms with Gasteiger partial charge in [0.2, 0.25) is 0 Å². The van der Waals surface area contributed by atoms with Crippen LogP contribution in [0.4, 0.5) is 0 Å². The Morgan fingerprint density at radius 2 is 0.587 bits per heavy atom. The van der Waals surface area contributed by atoms with Gasteiger partial charge < -0.3 is 29.7 Å². The van der Waals surface area contributed by atoms with E-state index in [9.17, 15) is 29.7 Å². The van der Waals surface area contributed by atoms with Crippen molar-refractivity contribution in [2.45, 2.75) is 80.1 Å². The minimum atomic E-state index is -1.06. The maximum Gasteiger partial charge on any atom is 3.00 e. The average Bonchev–Trinajstić information content (AvgIpc) is 3.06. The Morgan fingerprint density at radius 1 is 0.391 bits per heavy atom. The van der Waals surface area contributed by atoms with E-state index in [1.54, 1.807) is 0 Å². The number of aliphatic carboxylic acids is 3. The third kappa shape index (κ3) is 13.0. The van der Waals surface area contributed by atoms with Crippen molar-refractivity contribution in [2.24, 2.45) is 0 Å². The number of carboxylic acid groups (broad SMARTS) is 3. The van der Waals surface area contributed by atoms with Crippen LogP contribution in [-0.2, 0) is 14.4 Å². The molecule has 3 aromatic rings. The van der Waals surface area contributed by atoms with E-state index in [1.165, 1.54) is 0 Å². The summed E-state index contributed by atoms with van der Waals surface area (Å²) in [6, 6.07) is 28.8. The molecule has 0 aliphatic carbocycles. The summed E-state index contributed by atoms with van der Waals surface area (Å²) in [4.78, 5) is 32.8. The smallest absolute Gasteiger partial charge is 0.545 e. The summed E-state index contributed by atoms with van der Waals surface area (Å²) in [5.41, 5.74) is 6.76. The van der Waals surface area contributed by atoms with E-state index < -0.39 is 17.9 Å². The van der Waals surface area contributed by atoms with E-state index in [0.29, 0.717) is 55.2 Å². The van der Waals surface area contributed by atoms with Crippen LogP contribution in [0.1, 0.15) is 96.8 Å². The van der Waals surface area contributed by atoms with Gasteiger partial charge in [0, 0.05) is 0 Å². The van der Waals surface area contributed by atoms with Crippen LogP contribution in [0.2, 0.25) is 0 Å². The zero-order chi connectivity index (χ0) is 33.8. The normalized spacial score (nSPS) is 11.9. The molecule has 0 atom stereocenters. The first-order chi connectivity index (χ1) is 21.6. The topological polar surface area (TPSA) is 120 Å². The van der Waals surface area contributed by atoms with E-state index >= 15 is 0 Å². The van der Waals surface area contributed by atoms with Gasteiger partial charge in [-0.3, -0.25) is 0 Å². The van der Waals surface area contributed by atoms with Gasteiger partial charge in [0.05, 0.1) is 17.9 Å². The zero-order valence-electron chi connectivity index (χ0n) is 27.9. The maximum atomic E-state index is 10.9. The van der Waals surface area contributed by atoms with Crippen molar-refractivity contribution < 1.29 is 29.7 Å². The number of rotatable bonds is 12. The molecule has 46 heavy (non-hydrogen) atoms. The van der Waals surface area contributed by atoms with E-state index in [4.69, 9.17) is 0 Å². The average molecular weight is 637 g/mol. The van der Waals surface area contributed by atoms with Crippen molar-refractivity contribution in [3.05, 3.63) is 124 Å². The predicted octanol–water partition coefficient (Wildman–Crippen LogP) is 5.65. The third-order valence-corrected chi connectivity index (χ3v) is 7.32. The molecule has 0 saturated carbocycles. The fourth-order valence-electron chi connectivity index (χ4n) is 5.14. The van der Waals surface area contributed by atoms with Gasteiger partial charge in [-0.2, -0.15) is 0 Å². The molecule has 7 heteroatoms. The summed E-state index contributed by atoms with van der Waals surface area (Å²) in [6.45, 7) is 11.4. The molecule has 0 aliphatic rings. The number of carboxylic acids is 3. The van der Waals surface area contributed by atoms with Crippen molar-refractivity contribution in [2.75, 3.05) is 0 Å². The van der Waals surface area contributed by atoms with E-state index in [1.807, 2.05) is 133 Å². The van der Waals surface area contributed by atoms with Gasteiger partial charge in [0.15, 0.2) is 0 Å². The number of benzene rings is 3. The molecule has 0 spiro atoms. The standard InChI is InChI=1S/3C13H16O2.Al/c3*1-3-11(12(4-2)13(14)15)10-8-6-5-7-9-10;/h3*5-9H,3-4H2,1-2H3,(H,14,15);/q;;;+3/p-3. The van der Waals surface area contributed by atoms with Crippen molar-refractivity contribution >= 4 is 52.0 Å². The van der Waals surface area contributed by atoms with E-state index in [-0.39, 0.29) is 17.4 Å². The quantitative estimate of drug-likeness (QED) is 0.187. The minimum absolute atomic E-state index is 0. The van der Waals surface area contributed by atoms with E-state index in [2.05, 4.69) is 0 Å². The fraction of sp³-hybridized carbons (Fsp3) is 0.308. The molecular formula is C39H45AlO6. The number of allylic oxidation sites excluding steroid dienone is 3. The van der Waals surface area contributed by atoms with Crippen LogP contribution in [0.15, 0.2) is 108 Å². The third-order valence-electron chi connectivity index (χ3n) is 7.32. The van der Waals surface area contributed by atoms with Gasteiger partial charge in [-0.25, -0.2) is 0 Å². The summed E-state index contributed by atoms with van der Waals surface area (Å²) in [7, 11) is 0. The maximum absolute atomic E-state index is 10.9. The summed E-state index contributed by atoms with van der Waals surface area (Å²) in [6.07, 6.45) is 3.63. The first-order valence-electron chi connectivity index (χ1n) is 15.6. The molecule has 0 N–H and O–H groups in total. The van der Waals surface area contributed by atoms with Crippen LogP contribution in [0.3, 0.4) is 0 Å². The van der Waals surface area contributed by atoms with Crippen molar-refractivity contribution in [1.82, 2.24) is 0 Å². The molecule has 0 unspecified atom stereocenters. The molecule has 0 radical (unpaired) electrons. The molecule has 0 fully saturated rings. The van der Waals surface area contributed by atoms with Gasteiger partial charge >= 0.3 is 17.4 Å². The molecule has 0 amide bonds. The molecule has 0 aliphatic heterocycles. The van der Waals surface area contributed by atoms with Gasteiger partial charge in [0.1, 0.15) is 0 Å². The second-order valence-electron chi connectivity index (χ2n) is 9.95. The Kier molecular flexibility index (Phi) is 21.1. The number of carbonyl (C=O) groups is 3.